The minimum Gasteiger partial charge on any atom is -0.379 e. The molecule has 4 heterocycles. The van der Waals surface area contributed by atoms with Crippen LogP contribution >= 0.6 is 11.3 Å². The molecular formula is C20H28N6O3S. The number of likely N-dealkylation sites (tertiary alicyclic amines) is 1. The summed E-state index contributed by atoms with van der Waals surface area (Å²) in [5.74, 6) is 1.02. The van der Waals surface area contributed by atoms with Crippen molar-refractivity contribution in [3.05, 3.63) is 28.2 Å². The highest BCUT2D eigenvalue weighted by molar-refractivity contribution is 7.12. The van der Waals surface area contributed by atoms with Gasteiger partial charge in [-0.2, -0.15) is 0 Å². The lowest BCUT2D eigenvalue weighted by Crippen LogP contribution is -2.42. The molecule has 10 heteroatoms. The van der Waals surface area contributed by atoms with Crippen LogP contribution in [-0.4, -0.2) is 81.1 Å². The van der Waals surface area contributed by atoms with Crippen molar-refractivity contribution in [2.24, 2.45) is 5.92 Å². The summed E-state index contributed by atoms with van der Waals surface area (Å²) in [6.45, 7) is 5.82. The largest absolute Gasteiger partial charge is 0.379 e. The standard InChI is InChI=1S/C20H28N6O3S/c27-19(25-7-1-4-16(14-25)20(28)17-5-3-13-30-17)6-2-8-26-18(21-22-23-26)15-24-9-11-29-12-10-24/h3,5,13,16H,1-2,4,6-12,14-15H2. The van der Waals surface area contributed by atoms with Gasteiger partial charge in [0.05, 0.1) is 24.6 Å². The van der Waals surface area contributed by atoms with E-state index in [4.69, 9.17) is 4.74 Å². The zero-order chi connectivity index (χ0) is 20.8. The van der Waals surface area contributed by atoms with E-state index >= 15 is 0 Å². The predicted octanol–water partition coefficient (Wildman–Crippen LogP) is 1.47. The van der Waals surface area contributed by atoms with E-state index in [0.29, 0.717) is 32.5 Å². The summed E-state index contributed by atoms with van der Waals surface area (Å²) in [5, 5.41) is 13.9. The Morgan fingerprint density at radius 2 is 2.10 bits per heavy atom. The molecule has 2 aliphatic heterocycles. The number of piperidine rings is 1. The van der Waals surface area contributed by atoms with Crippen LogP contribution in [0.4, 0.5) is 0 Å². The molecule has 30 heavy (non-hydrogen) atoms. The second-order valence-electron chi connectivity index (χ2n) is 7.83. The predicted molar refractivity (Wildman–Crippen MR) is 111 cm³/mol. The second-order valence-corrected chi connectivity index (χ2v) is 8.78. The molecule has 0 spiro atoms. The summed E-state index contributed by atoms with van der Waals surface area (Å²) < 4.78 is 7.17. The average molecular weight is 433 g/mol. The van der Waals surface area contributed by atoms with Crippen molar-refractivity contribution in [2.75, 3.05) is 39.4 Å². The lowest BCUT2D eigenvalue weighted by molar-refractivity contribution is -0.132. The molecule has 2 aromatic heterocycles. The summed E-state index contributed by atoms with van der Waals surface area (Å²) in [7, 11) is 0. The number of aromatic nitrogens is 4. The first-order chi connectivity index (χ1) is 14.7. The van der Waals surface area contributed by atoms with Crippen molar-refractivity contribution >= 4 is 23.0 Å². The Morgan fingerprint density at radius 1 is 1.23 bits per heavy atom. The molecule has 1 unspecified atom stereocenters. The molecule has 0 aromatic carbocycles. The number of rotatable bonds is 8. The SMILES string of the molecule is O=C(c1cccs1)C1CCCN(C(=O)CCCn2nnnc2CN2CCOCC2)C1. The fourth-order valence-electron chi connectivity index (χ4n) is 4.05. The van der Waals surface area contributed by atoms with E-state index in [9.17, 15) is 9.59 Å². The number of nitrogens with zero attached hydrogens (tertiary/aromatic N) is 6. The smallest absolute Gasteiger partial charge is 0.222 e. The Hall–Kier alpha value is -2.17. The number of thiophene rings is 1. The zero-order valence-electron chi connectivity index (χ0n) is 17.1. The third-order valence-electron chi connectivity index (χ3n) is 5.74. The van der Waals surface area contributed by atoms with E-state index in [1.54, 1.807) is 4.68 Å². The maximum atomic E-state index is 12.7. The molecule has 9 nitrogen and oxygen atoms in total. The zero-order valence-corrected chi connectivity index (χ0v) is 17.9. The van der Waals surface area contributed by atoms with Crippen molar-refractivity contribution in [2.45, 2.75) is 38.8 Å². The number of hydrogen-bond acceptors (Lipinski definition) is 8. The molecule has 0 aliphatic carbocycles. The number of aryl methyl sites for hydroxylation is 1. The number of carbonyl (C=O) groups excluding carboxylic acids is 2. The first-order valence-electron chi connectivity index (χ1n) is 10.6. The van der Waals surface area contributed by atoms with Crippen LogP contribution in [0.1, 0.15) is 41.2 Å². The number of morpholine rings is 1. The van der Waals surface area contributed by atoms with E-state index in [0.717, 1.165) is 56.4 Å². The lowest BCUT2D eigenvalue weighted by atomic mass is 9.92. The molecule has 4 rings (SSSR count). The summed E-state index contributed by atoms with van der Waals surface area (Å²) >= 11 is 1.48. The Bertz CT molecular complexity index is 833. The lowest BCUT2D eigenvalue weighted by Gasteiger charge is -2.32. The molecule has 2 aromatic rings. The van der Waals surface area contributed by atoms with Crippen LogP contribution < -0.4 is 0 Å². The molecular weight excluding hydrogens is 404 g/mol. The van der Waals surface area contributed by atoms with Gasteiger partial charge in [0.15, 0.2) is 11.6 Å². The molecule has 0 bridgehead atoms. The molecule has 2 saturated heterocycles. The molecule has 1 amide bonds. The Morgan fingerprint density at radius 3 is 2.90 bits per heavy atom. The van der Waals surface area contributed by atoms with Gasteiger partial charge in [-0.1, -0.05) is 6.07 Å². The van der Waals surface area contributed by atoms with E-state index in [1.807, 2.05) is 22.4 Å². The fourth-order valence-corrected chi connectivity index (χ4v) is 4.79. The summed E-state index contributed by atoms with van der Waals surface area (Å²) in [4.78, 5) is 30.3. The monoisotopic (exact) mass is 432 g/mol. The number of amides is 1. The molecule has 0 radical (unpaired) electrons. The Labute approximate surface area is 180 Å². The van der Waals surface area contributed by atoms with Crippen molar-refractivity contribution in [3.63, 3.8) is 0 Å². The quantitative estimate of drug-likeness (QED) is 0.583. The van der Waals surface area contributed by atoms with E-state index < -0.39 is 0 Å². The number of tetrazole rings is 1. The van der Waals surface area contributed by atoms with Crippen molar-refractivity contribution in [1.82, 2.24) is 30.0 Å². The average Bonchev–Trinajstić information content (AvgIpc) is 3.47. The number of ketones is 1. The van der Waals surface area contributed by atoms with Crippen molar-refractivity contribution < 1.29 is 14.3 Å². The highest BCUT2D eigenvalue weighted by Crippen LogP contribution is 2.23. The van der Waals surface area contributed by atoms with Gasteiger partial charge < -0.3 is 9.64 Å². The summed E-state index contributed by atoms with van der Waals surface area (Å²) in [5.41, 5.74) is 0. The summed E-state index contributed by atoms with van der Waals surface area (Å²) in [6.07, 6.45) is 2.86. The molecule has 0 saturated carbocycles. The van der Waals surface area contributed by atoms with Gasteiger partial charge in [0.25, 0.3) is 0 Å². The van der Waals surface area contributed by atoms with Crippen LogP contribution in [-0.2, 0) is 22.6 Å². The molecule has 162 valence electrons. The third kappa shape index (κ3) is 5.30. The Kier molecular flexibility index (Phi) is 7.19. The van der Waals surface area contributed by atoms with Crippen LogP contribution in [0, 0.1) is 5.92 Å². The van der Waals surface area contributed by atoms with Crippen LogP contribution in [0.15, 0.2) is 17.5 Å². The van der Waals surface area contributed by atoms with E-state index in [1.165, 1.54) is 11.3 Å². The Balaban J connectivity index is 1.24. The van der Waals surface area contributed by atoms with Crippen LogP contribution in [0.25, 0.3) is 0 Å². The molecule has 2 fully saturated rings. The van der Waals surface area contributed by atoms with Gasteiger partial charge in [0.2, 0.25) is 5.91 Å². The van der Waals surface area contributed by atoms with Crippen LogP contribution in [0.3, 0.4) is 0 Å². The number of carbonyl (C=O) groups is 2. The maximum absolute atomic E-state index is 12.7. The van der Waals surface area contributed by atoms with Gasteiger partial charge in [-0.15, -0.1) is 16.4 Å². The number of hydrogen-bond donors (Lipinski definition) is 0. The normalized spacial score (nSPS) is 20.4. The van der Waals surface area contributed by atoms with Gasteiger partial charge in [-0.05, 0) is 41.1 Å². The summed E-state index contributed by atoms with van der Waals surface area (Å²) in [6, 6.07) is 3.77. The van der Waals surface area contributed by atoms with Gasteiger partial charge in [0.1, 0.15) is 0 Å². The van der Waals surface area contributed by atoms with Crippen molar-refractivity contribution in [3.8, 4) is 0 Å². The number of ether oxygens (including phenoxy) is 1. The topological polar surface area (TPSA) is 93.5 Å². The first kappa shape index (κ1) is 21.1. The van der Waals surface area contributed by atoms with E-state index in [-0.39, 0.29) is 17.6 Å². The molecule has 1 atom stereocenters. The van der Waals surface area contributed by atoms with Gasteiger partial charge >= 0.3 is 0 Å². The first-order valence-corrected chi connectivity index (χ1v) is 11.5. The highest BCUT2D eigenvalue weighted by Gasteiger charge is 2.29. The minimum atomic E-state index is -0.0824. The maximum Gasteiger partial charge on any atom is 0.222 e. The van der Waals surface area contributed by atoms with E-state index in [2.05, 4.69) is 20.4 Å². The second kappa shape index (κ2) is 10.2. The van der Waals surface area contributed by atoms with Gasteiger partial charge in [0, 0.05) is 45.1 Å². The van der Waals surface area contributed by atoms with Crippen molar-refractivity contribution in [1.29, 1.82) is 0 Å². The van der Waals surface area contributed by atoms with Crippen LogP contribution in [0.2, 0.25) is 0 Å². The molecule has 0 N–H and O–H groups in total. The fraction of sp³-hybridized carbons (Fsp3) is 0.650. The third-order valence-corrected chi connectivity index (χ3v) is 6.63. The molecule has 2 aliphatic rings. The van der Waals surface area contributed by atoms with Gasteiger partial charge in [-0.25, -0.2) is 4.68 Å². The van der Waals surface area contributed by atoms with Gasteiger partial charge in [-0.3, -0.25) is 14.5 Å². The number of Topliss-reactive ketones (excluding diaryl/α,β-unsaturated/α-hetero) is 1. The minimum absolute atomic E-state index is 0.0824. The van der Waals surface area contributed by atoms with Crippen LogP contribution in [0.5, 0.6) is 0 Å². The highest BCUT2D eigenvalue weighted by atomic mass is 32.1.